The second-order valence-corrected chi connectivity index (χ2v) is 5.27. The van der Waals surface area contributed by atoms with Crippen molar-refractivity contribution in [2.24, 2.45) is 0 Å². The third kappa shape index (κ3) is 3.90. The van der Waals surface area contributed by atoms with Crippen LogP contribution in [0.15, 0.2) is 18.2 Å². The molecule has 0 heterocycles. The summed E-state index contributed by atoms with van der Waals surface area (Å²) in [7, 11) is 1.71. The molecule has 1 atom stereocenters. The van der Waals surface area contributed by atoms with Gasteiger partial charge in [-0.15, -0.1) is 0 Å². The second kappa shape index (κ2) is 5.74. The zero-order chi connectivity index (χ0) is 12.3. The van der Waals surface area contributed by atoms with Crippen LogP contribution in [0.4, 0.5) is 0 Å². The van der Waals surface area contributed by atoms with E-state index < -0.39 is 0 Å². The van der Waals surface area contributed by atoms with Crippen molar-refractivity contribution in [1.82, 2.24) is 5.32 Å². The van der Waals surface area contributed by atoms with Gasteiger partial charge in [-0.05, 0) is 56.4 Å². The molecule has 1 aliphatic rings. The van der Waals surface area contributed by atoms with Crippen molar-refractivity contribution in [2.45, 2.75) is 44.7 Å². The molecule has 1 aromatic rings. The Balaban J connectivity index is 1.89. The summed E-state index contributed by atoms with van der Waals surface area (Å²) in [6, 6.07) is 7.15. The smallest absolute Gasteiger partial charge is 0.122 e. The molecule has 2 nitrogen and oxygen atoms in total. The van der Waals surface area contributed by atoms with Crippen molar-refractivity contribution in [3.63, 3.8) is 0 Å². The maximum atomic E-state index is 6.01. The number of ether oxygens (including phenoxy) is 1. The minimum atomic E-state index is 0.561. The number of hydrogen-bond donors (Lipinski definition) is 1. The minimum absolute atomic E-state index is 0.561. The lowest BCUT2D eigenvalue weighted by molar-refractivity contribution is 0.407. The van der Waals surface area contributed by atoms with Crippen LogP contribution in [-0.4, -0.2) is 19.2 Å². The molecule has 1 aromatic carbocycles. The van der Waals surface area contributed by atoms with Gasteiger partial charge in [-0.1, -0.05) is 11.6 Å². The van der Waals surface area contributed by atoms with Crippen molar-refractivity contribution >= 4 is 11.6 Å². The monoisotopic (exact) mass is 253 g/mol. The lowest BCUT2D eigenvalue weighted by Gasteiger charge is -2.14. The van der Waals surface area contributed by atoms with Crippen LogP contribution < -0.4 is 10.1 Å². The van der Waals surface area contributed by atoms with Crippen molar-refractivity contribution in [3.8, 4) is 5.75 Å². The summed E-state index contributed by atoms with van der Waals surface area (Å²) in [4.78, 5) is 0. The minimum Gasteiger partial charge on any atom is -0.496 e. The van der Waals surface area contributed by atoms with Gasteiger partial charge in [0.25, 0.3) is 0 Å². The molecule has 0 aromatic heterocycles. The van der Waals surface area contributed by atoms with Gasteiger partial charge in [-0.2, -0.15) is 0 Å². The first-order chi connectivity index (χ1) is 8.19. The second-order valence-electron chi connectivity index (χ2n) is 4.84. The maximum absolute atomic E-state index is 6.01. The lowest BCUT2D eigenvalue weighted by Crippen LogP contribution is -2.28. The average molecular weight is 254 g/mol. The van der Waals surface area contributed by atoms with Crippen LogP contribution in [0, 0.1) is 0 Å². The molecular formula is C14H20ClNO. The van der Waals surface area contributed by atoms with Gasteiger partial charge in [0, 0.05) is 17.1 Å². The number of nitrogens with one attached hydrogen (secondary N) is 1. The van der Waals surface area contributed by atoms with E-state index in [0.717, 1.165) is 29.7 Å². The summed E-state index contributed by atoms with van der Waals surface area (Å²) < 4.78 is 5.35. The fraction of sp³-hybridized carbons (Fsp3) is 0.571. The Morgan fingerprint density at radius 3 is 2.88 bits per heavy atom. The normalized spacial score (nSPS) is 16.9. The van der Waals surface area contributed by atoms with Gasteiger partial charge >= 0.3 is 0 Å². The lowest BCUT2D eigenvalue weighted by atomic mass is 10.1. The molecule has 3 heteroatoms. The van der Waals surface area contributed by atoms with Crippen molar-refractivity contribution in [1.29, 1.82) is 0 Å². The van der Waals surface area contributed by atoms with E-state index >= 15 is 0 Å². The highest BCUT2D eigenvalue weighted by molar-refractivity contribution is 6.30. The molecule has 0 radical (unpaired) electrons. The molecule has 2 rings (SSSR count). The topological polar surface area (TPSA) is 21.3 Å². The van der Waals surface area contributed by atoms with Gasteiger partial charge in [-0.25, -0.2) is 0 Å². The van der Waals surface area contributed by atoms with E-state index in [1.54, 1.807) is 7.11 Å². The van der Waals surface area contributed by atoms with Crippen molar-refractivity contribution in [3.05, 3.63) is 28.8 Å². The van der Waals surface area contributed by atoms with Gasteiger partial charge in [0.2, 0.25) is 0 Å². The van der Waals surface area contributed by atoms with Crippen LogP contribution in [0.3, 0.4) is 0 Å². The fourth-order valence-corrected chi connectivity index (χ4v) is 2.24. The molecule has 1 fully saturated rings. The van der Waals surface area contributed by atoms with E-state index in [4.69, 9.17) is 16.3 Å². The molecule has 0 spiro atoms. The molecular weight excluding hydrogens is 234 g/mol. The van der Waals surface area contributed by atoms with E-state index in [1.807, 2.05) is 18.2 Å². The molecule has 94 valence electrons. The molecule has 0 bridgehead atoms. The average Bonchev–Trinajstić information content (AvgIpc) is 3.10. The number of aryl methyl sites for hydroxylation is 1. The van der Waals surface area contributed by atoms with Crippen LogP contribution in [0.1, 0.15) is 31.7 Å². The van der Waals surface area contributed by atoms with Crippen LogP contribution in [-0.2, 0) is 6.42 Å². The van der Waals surface area contributed by atoms with Crippen LogP contribution in [0.5, 0.6) is 5.75 Å². The zero-order valence-corrected chi connectivity index (χ0v) is 11.3. The highest BCUT2D eigenvalue weighted by Crippen LogP contribution is 2.25. The summed E-state index contributed by atoms with van der Waals surface area (Å²) in [5, 5.41) is 4.38. The molecule has 0 amide bonds. The number of rotatable bonds is 6. The number of benzene rings is 1. The van der Waals surface area contributed by atoms with Crippen LogP contribution >= 0.6 is 11.6 Å². The van der Waals surface area contributed by atoms with Crippen molar-refractivity contribution < 1.29 is 4.74 Å². The Kier molecular flexibility index (Phi) is 4.30. The molecule has 1 N–H and O–H groups in total. The van der Waals surface area contributed by atoms with E-state index in [1.165, 1.54) is 18.4 Å². The third-order valence-electron chi connectivity index (χ3n) is 3.19. The summed E-state index contributed by atoms with van der Waals surface area (Å²) in [6.45, 7) is 2.25. The van der Waals surface area contributed by atoms with Crippen LogP contribution in [0.2, 0.25) is 5.02 Å². The summed E-state index contributed by atoms with van der Waals surface area (Å²) in [5.74, 6) is 0.938. The molecule has 1 aliphatic carbocycles. The Bertz CT molecular complexity index is 376. The van der Waals surface area contributed by atoms with Gasteiger partial charge in [0.05, 0.1) is 7.11 Å². The van der Waals surface area contributed by atoms with E-state index in [2.05, 4.69) is 12.2 Å². The fourth-order valence-electron chi connectivity index (χ4n) is 2.05. The Labute approximate surface area is 108 Å². The molecule has 17 heavy (non-hydrogen) atoms. The Morgan fingerprint density at radius 2 is 2.24 bits per heavy atom. The number of hydrogen-bond acceptors (Lipinski definition) is 2. The van der Waals surface area contributed by atoms with E-state index in [-0.39, 0.29) is 0 Å². The van der Waals surface area contributed by atoms with Gasteiger partial charge in [0.1, 0.15) is 5.75 Å². The SMILES string of the molecule is COc1ccc(Cl)cc1CCC(C)NC1CC1. The summed E-state index contributed by atoms with van der Waals surface area (Å²) in [6.07, 6.45) is 4.80. The number of halogens is 1. The Hall–Kier alpha value is -0.730. The van der Waals surface area contributed by atoms with Gasteiger partial charge in [-0.3, -0.25) is 0 Å². The standard InChI is InChI=1S/C14H20ClNO/c1-10(16-13-6-7-13)3-4-11-9-12(15)5-8-14(11)17-2/h5,8-10,13,16H,3-4,6-7H2,1-2H3. The maximum Gasteiger partial charge on any atom is 0.122 e. The predicted octanol–water partition coefficient (Wildman–Crippen LogP) is 3.42. The molecule has 1 unspecified atom stereocenters. The summed E-state index contributed by atoms with van der Waals surface area (Å²) >= 11 is 6.01. The summed E-state index contributed by atoms with van der Waals surface area (Å²) in [5.41, 5.74) is 1.20. The van der Waals surface area contributed by atoms with E-state index in [9.17, 15) is 0 Å². The first kappa shape index (κ1) is 12.7. The quantitative estimate of drug-likeness (QED) is 0.839. The largest absolute Gasteiger partial charge is 0.496 e. The van der Waals surface area contributed by atoms with Gasteiger partial charge < -0.3 is 10.1 Å². The molecule has 0 saturated heterocycles. The Morgan fingerprint density at radius 1 is 1.47 bits per heavy atom. The van der Waals surface area contributed by atoms with Crippen molar-refractivity contribution in [2.75, 3.05) is 7.11 Å². The van der Waals surface area contributed by atoms with Gasteiger partial charge in [0.15, 0.2) is 0 Å². The molecule has 1 saturated carbocycles. The first-order valence-electron chi connectivity index (χ1n) is 6.27. The van der Waals surface area contributed by atoms with Crippen LogP contribution in [0.25, 0.3) is 0 Å². The first-order valence-corrected chi connectivity index (χ1v) is 6.65. The zero-order valence-electron chi connectivity index (χ0n) is 10.5. The highest BCUT2D eigenvalue weighted by atomic mass is 35.5. The molecule has 0 aliphatic heterocycles. The highest BCUT2D eigenvalue weighted by Gasteiger charge is 2.22. The van der Waals surface area contributed by atoms with E-state index in [0.29, 0.717) is 6.04 Å². The number of methoxy groups -OCH3 is 1. The predicted molar refractivity (Wildman–Crippen MR) is 71.9 cm³/mol. The third-order valence-corrected chi connectivity index (χ3v) is 3.42.